The van der Waals surface area contributed by atoms with Crippen LogP contribution in [-0.4, -0.2) is 11.9 Å². The molecule has 2 heteroatoms. The van der Waals surface area contributed by atoms with Gasteiger partial charge < -0.3 is 4.42 Å². The molecule has 0 fully saturated rings. The van der Waals surface area contributed by atoms with Crippen LogP contribution in [0.3, 0.4) is 0 Å². The van der Waals surface area contributed by atoms with Gasteiger partial charge in [-0.15, -0.1) is 0 Å². The van der Waals surface area contributed by atoms with Crippen molar-refractivity contribution in [3.05, 3.63) is 95.4 Å². The smallest absolute Gasteiger partial charge is 0.118 e. The van der Waals surface area contributed by atoms with Gasteiger partial charge in [0.05, 0.1) is 6.54 Å². The van der Waals surface area contributed by atoms with E-state index >= 15 is 0 Å². The summed E-state index contributed by atoms with van der Waals surface area (Å²) in [7, 11) is 2.18. The minimum atomic E-state index is 0.291. The number of rotatable bonds is 6. The molecule has 0 spiro atoms. The molecule has 3 aromatic rings. The van der Waals surface area contributed by atoms with Gasteiger partial charge in [0.2, 0.25) is 0 Å². The quantitative estimate of drug-likeness (QED) is 0.591. The van der Waals surface area contributed by atoms with Gasteiger partial charge in [0.15, 0.2) is 0 Å². The molecular formula is C22H25NO. The Kier molecular flexibility index (Phi) is 5.17. The van der Waals surface area contributed by atoms with Gasteiger partial charge in [-0.1, -0.05) is 67.6 Å². The van der Waals surface area contributed by atoms with Crippen molar-refractivity contribution in [2.24, 2.45) is 0 Å². The molecule has 0 aliphatic rings. The molecule has 0 amide bonds. The number of benzene rings is 2. The Morgan fingerprint density at radius 2 is 1.42 bits per heavy atom. The number of furan rings is 1. The Morgan fingerprint density at radius 1 is 0.833 bits per heavy atom. The molecule has 0 aliphatic carbocycles. The van der Waals surface area contributed by atoms with E-state index in [1.54, 1.807) is 0 Å². The van der Waals surface area contributed by atoms with E-state index in [-0.39, 0.29) is 0 Å². The first-order valence-corrected chi connectivity index (χ1v) is 8.50. The van der Waals surface area contributed by atoms with Crippen molar-refractivity contribution in [3.63, 3.8) is 0 Å². The third kappa shape index (κ3) is 3.77. The summed E-state index contributed by atoms with van der Waals surface area (Å²) in [5, 5.41) is 0. The largest absolute Gasteiger partial charge is 0.465 e. The summed E-state index contributed by atoms with van der Waals surface area (Å²) in [6, 6.07) is 25.9. The molecule has 24 heavy (non-hydrogen) atoms. The Balaban J connectivity index is 1.90. The molecule has 1 aromatic heterocycles. The summed E-state index contributed by atoms with van der Waals surface area (Å²) in [5.41, 5.74) is 2.69. The van der Waals surface area contributed by atoms with Crippen LogP contribution < -0.4 is 0 Å². The SMILES string of the molecule is Cc1ccc(CN(C)[C@H](c2ccccc2)[C@H](C)c2ccccc2)o1. The molecule has 3 rings (SSSR count). The summed E-state index contributed by atoms with van der Waals surface area (Å²) in [6.07, 6.45) is 0. The van der Waals surface area contributed by atoms with Crippen molar-refractivity contribution >= 4 is 0 Å². The summed E-state index contributed by atoms with van der Waals surface area (Å²) < 4.78 is 5.78. The van der Waals surface area contributed by atoms with Crippen LogP contribution >= 0.6 is 0 Å². The first-order valence-electron chi connectivity index (χ1n) is 8.50. The molecule has 2 atom stereocenters. The number of likely N-dealkylation sites (N-methyl/N-ethyl adjacent to an activating group) is 1. The van der Waals surface area contributed by atoms with Gasteiger partial charge in [0.1, 0.15) is 11.5 Å². The molecule has 0 bridgehead atoms. The van der Waals surface area contributed by atoms with E-state index in [0.29, 0.717) is 12.0 Å². The number of hydrogen-bond acceptors (Lipinski definition) is 2. The van der Waals surface area contributed by atoms with Gasteiger partial charge in [-0.2, -0.15) is 0 Å². The number of aryl methyl sites for hydroxylation is 1. The van der Waals surface area contributed by atoms with Crippen LogP contribution in [0.1, 0.15) is 41.5 Å². The van der Waals surface area contributed by atoms with Crippen LogP contribution in [0.4, 0.5) is 0 Å². The molecule has 0 saturated heterocycles. The van der Waals surface area contributed by atoms with E-state index in [0.717, 1.165) is 18.1 Å². The molecule has 1 heterocycles. The standard InChI is InChI=1S/C22H25NO/c1-17-14-15-21(24-17)16-23(3)22(20-12-8-5-9-13-20)18(2)19-10-6-4-7-11-19/h4-15,18,22H,16H2,1-3H3/t18-,22+/m1/s1. The molecule has 0 radical (unpaired) electrons. The van der Waals surface area contributed by atoms with Crippen molar-refractivity contribution in [1.29, 1.82) is 0 Å². The van der Waals surface area contributed by atoms with Crippen LogP contribution in [0.15, 0.2) is 77.2 Å². The van der Waals surface area contributed by atoms with Crippen molar-refractivity contribution in [2.75, 3.05) is 7.05 Å². The lowest BCUT2D eigenvalue weighted by molar-refractivity contribution is 0.194. The molecule has 0 aliphatic heterocycles. The lowest BCUT2D eigenvalue weighted by Crippen LogP contribution is -2.28. The topological polar surface area (TPSA) is 16.4 Å². The predicted octanol–water partition coefficient (Wildman–Crippen LogP) is 5.56. The lowest BCUT2D eigenvalue weighted by Gasteiger charge is -2.33. The monoisotopic (exact) mass is 319 g/mol. The first-order chi connectivity index (χ1) is 11.6. The average molecular weight is 319 g/mol. The van der Waals surface area contributed by atoms with Crippen LogP contribution in [0, 0.1) is 6.92 Å². The van der Waals surface area contributed by atoms with Crippen molar-refractivity contribution < 1.29 is 4.42 Å². The highest BCUT2D eigenvalue weighted by Gasteiger charge is 2.25. The van der Waals surface area contributed by atoms with Crippen molar-refractivity contribution in [3.8, 4) is 0 Å². The predicted molar refractivity (Wildman–Crippen MR) is 99.0 cm³/mol. The zero-order valence-electron chi connectivity index (χ0n) is 14.6. The van der Waals surface area contributed by atoms with Gasteiger partial charge in [-0.3, -0.25) is 4.90 Å². The van der Waals surface area contributed by atoms with Crippen LogP contribution in [0.2, 0.25) is 0 Å². The molecule has 0 N–H and O–H groups in total. The fourth-order valence-electron chi connectivity index (χ4n) is 3.43. The number of nitrogens with zero attached hydrogens (tertiary/aromatic N) is 1. The van der Waals surface area contributed by atoms with E-state index in [1.807, 2.05) is 13.0 Å². The van der Waals surface area contributed by atoms with E-state index in [2.05, 4.69) is 85.6 Å². The molecule has 124 valence electrons. The Hall–Kier alpha value is -2.32. The van der Waals surface area contributed by atoms with E-state index < -0.39 is 0 Å². The van der Waals surface area contributed by atoms with E-state index in [1.165, 1.54) is 11.1 Å². The zero-order chi connectivity index (χ0) is 16.9. The highest BCUT2D eigenvalue weighted by molar-refractivity contribution is 5.27. The Labute approximate surface area is 144 Å². The maximum absolute atomic E-state index is 5.78. The van der Waals surface area contributed by atoms with Crippen LogP contribution in [-0.2, 0) is 6.54 Å². The maximum atomic E-state index is 5.78. The van der Waals surface area contributed by atoms with Crippen molar-refractivity contribution in [2.45, 2.75) is 32.4 Å². The average Bonchev–Trinajstić information content (AvgIpc) is 3.01. The van der Waals surface area contributed by atoms with Gasteiger partial charge in [-0.05, 0) is 37.2 Å². The maximum Gasteiger partial charge on any atom is 0.118 e. The minimum Gasteiger partial charge on any atom is -0.465 e. The van der Waals surface area contributed by atoms with Gasteiger partial charge in [-0.25, -0.2) is 0 Å². The van der Waals surface area contributed by atoms with Crippen molar-refractivity contribution in [1.82, 2.24) is 4.90 Å². The third-order valence-electron chi connectivity index (χ3n) is 4.62. The first kappa shape index (κ1) is 16.5. The molecule has 2 nitrogen and oxygen atoms in total. The highest BCUT2D eigenvalue weighted by atomic mass is 16.3. The fraction of sp³-hybridized carbons (Fsp3) is 0.273. The fourth-order valence-corrected chi connectivity index (χ4v) is 3.43. The normalized spacial score (nSPS) is 13.8. The second-order valence-corrected chi connectivity index (χ2v) is 6.48. The van der Waals surface area contributed by atoms with Gasteiger partial charge >= 0.3 is 0 Å². The summed E-state index contributed by atoms with van der Waals surface area (Å²) in [6.45, 7) is 5.09. The zero-order valence-corrected chi connectivity index (χ0v) is 14.6. The Bertz CT molecular complexity index is 748. The number of hydrogen-bond donors (Lipinski definition) is 0. The Morgan fingerprint density at radius 3 is 1.96 bits per heavy atom. The third-order valence-corrected chi connectivity index (χ3v) is 4.62. The second kappa shape index (κ2) is 7.50. The molecule has 2 aromatic carbocycles. The molecular weight excluding hydrogens is 294 g/mol. The van der Waals surface area contributed by atoms with Gasteiger partial charge in [0, 0.05) is 12.0 Å². The molecule has 0 saturated carbocycles. The molecule has 0 unspecified atom stereocenters. The minimum absolute atomic E-state index is 0.291. The van der Waals surface area contributed by atoms with E-state index in [9.17, 15) is 0 Å². The summed E-state index contributed by atoms with van der Waals surface area (Å²) in [5.74, 6) is 2.36. The van der Waals surface area contributed by atoms with Crippen LogP contribution in [0.5, 0.6) is 0 Å². The summed E-state index contributed by atoms with van der Waals surface area (Å²) >= 11 is 0. The summed E-state index contributed by atoms with van der Waals surface area (Å²) in [4.78, 5) is 2.38. The lowest BCUT2D eigenvalue weighted by atomic mass is 9.87. The van der Waals surface area contributed by atoms with Gasteiger partial charge in [0.25, 0.3) is 0 Å². The van der Waals surface area contributed by atoms with Crippen LogP contribution in [0.25, 0.3) is 0 Å². The van der Waals surface area contributed by atoms with E-state index in [4.69, 9.17) is 4.42 Å². The second-order valence-electron chi connectivity index (χ2n) is 6.48. The highest BCUT2D eigenvalue weighted by Crippen LogP contribution is 2.35.